The van der Waals surface area contributed by atoms with E-state index in [-0.39, 0.29) is 42.2 Å². The van der Waals surface area contributed by atoms with Crippen LogP contribution >= 0.6 is 0 Å². The fourth-order valence-corrected chi connectivity index (χ4v) is 4.35. The molecule has 0 radical (unpaired) electrons. The zero-order valence-electron chi connectivity index (χ0n) is 18.7. The van der Waals surface area contributed by atoms with E-state index < -0.39 is 35.2 Å². The maximum atomic E-state index is 13.1. The highest BCUT2D eigenvalue weighted by Crippen LogP contribution is 2.39. The summed E-state index contributed by atoms with van der Waals surface area (Å²) < 4.78 is 5.58. The van der Waals surface area contributed by atoms with Gasteiger partial charge in [-0.3, -0.25) is 29.3 Å². The number of benzene rings is 1. The molecule has 2 unspecified atom stereocenters. The van der Waals surface area contributed by atoms with Gasteiger partial charge in [0, 0.05) is 18.5 Å². The van der Waals surface area contributed by atoms with Gasteiger partial charge in [0.2, 0.25) is 11.8 Å². The number of hydrogen-bond acceptors (Lipinski definition) is 7. The smallest absolute Gasteiger partial charge is 0.257 e. The molecule has 3 amide bonds. The Balaban J connectivity index is 1.52. The number of imide groups is 1. The van der Waals surface area contributed by atoms with Crippen molar-refractivity contribution >= 4 is 29.3 Å². The van der Waals surface area contributed by atoms with Crippen LogP contribution in [0.1, 0.15) is 72.1 Å². The van der Waals surface area contributed by atoms with Gasteiger partial charge in [0.1, 0.15) is 5.75 Å². The first kappa shape index (κ1) is 24.6. The normalized spacial score (nSPS) is 19.9. The van der Waals surface area contributed by atoms with Crippen molar-refractivity contribution in [3.63, 3.8) is 0 Å². The molecule has 1 fully saturated rings. The third-order valence-electron chi connectivity index (χ3n) is 6.10. The van der Waals surface area contributed by atoms with E-state index in [0.717, 1.165) is 45.1 Å². The fraction of sp³-hybridized carbons (Fsp3) is 0.542. The molecule has 1 aliphatic heterocycles. The predicted octanol–water partition coefficient (Wildman–Crippen LogP) is 1.53. The standard InChI is InChI=1S/C24H31N3O6/c25-12-5-3-1-2-4-6-13-26-19(29)14-33-17-9-7-8-15-20(17)23(31)21(22(15)30)16-10-11-18(28)27-24(16)32/h7-9,16,21H,1-6,10-14,25H2,(H,26,29)(H,27,28,32). The van der Waals surface area contributed by atoms with E-state index in [9.17, 15) is 24.0 Å². The van der Waals surface area contributed by atoms with E-state index in [1.54, 1.807) is 6.07 Å². The van der Waals surface area contributed by atoms with Gasteiger partial charge in [0.15, 0.2) is 18.2 Å². The second-order valence-electron chi connectivity index (χ2n) is 8.49. The van der Waals surface area contributed by atoms with Crippen LogP contribution in [0.3, 0.4) is 0 Å². The highest BCUT2D eigenvalue weighted by atomic mass is 16.5. The summed E-state index contributed by atoms with van der Waals surface area (Å²) >= 11 is 0. The number of rotatable bonds is 12. The number of hydrogen-bond donors (Lipinski definition) is 3. The number of fused-ring (bicyclic) bond motifs is 1. The Morgan fingerprint density at radius 2 is 1.76 bits per heavy atom. The molecule has 0 bridgehead atoms. The highest BCUT2D eigenvalue weighted by molar-refractivity contribution is 6.29. The Kier molecular flexibility index (Phi) is 8.71. The van der Waals surface area contributed by atoms with Gasteiger partial charge in [-0.2, -0.15) is 0 Å². The molecule has 0 spiro atoms. The summed E-state index contributed by atoms with van der Waals surface area (Å²) in [4.78, 5) is 61.7. The van der Waals surface area contributed by atoms with Crippen molar-refractivity contribution in [2.24, 2.45) is 17.6 Å². The Labute approximate surface area is 192 Å². The van der Waals surface area contributed by atoms with Gasteiger partial charge in [-0.25, -0.2) is 0 Å². The topological polar surface area (TPSA) is 145 Å². The number of Topliss-reactive ketones (excluding diaryl/α,β-unsaturated/α-hetero) is 2. The van der Waals surface area contributed by atoms with Crippen LogP contribution in [0.2, 0.25) is 0 Å². The lowest BCUT2D eigenvalue weighted by molar-refractivity contribution is -0.137. The number of amides is 3. The Morgan fingerprint density at radius 3 is 2.48 bits per heavy atom. The first-order valence-electron chi connectivity index (χ1n) is 11.6. The molecule has 3 rings (SSSR count). The van der Waals surface area contributed by atoms with Gasteiger partial charge in [-0.1, -0.05) is 37.8 Å². The molecular weight excluding hydrogens is 426 g/mol. The summed E-state index contributed by atoms with van der Waals surface area (Å²) in [7, 11) is 0. The van der Waals surface area contributed by atoms with E-state index in [2.05, 4.69) is 10.6 Å². The van der Waals surface area contributed by atoms with Gasteiger partial charge >= 0.3 is 0 Å². The average molecular weight is 458 g/mol. The number of nitrogens with two attached hydrogens (primary N) is 1. The van der Waals surface area contributed by atoms with Crippen molar-refractivity contribution in [3.05, 3.63) is 29.3 Å². The van der Waals surface area contributed by atoms with Crippen LogP contribution in [0, 0.1) is 11.8 Å². The van der Waals surface area contributed by atoms with Crippen molar-refractivity contribution in [3.8, 4) is 5.75 Å². The molecule has 1 saturated heterocycles. The Bertz CT molecular complexity index is 929. The van der Waals surface area contributed by atoms with E-state index in [1.807, 2.05) is 0 Å². The average Bonchev–Trinajstić information content (AvgIpc) is 3.05. The zero-order valence-corrected chi connectivity index (χ0v) is 18.7. The molecule has 1 heterocycles. The predicted molar refractivity (Wildman–Crippen MR) is 120 cm³/mol. The molecule has 1 aliphatic carbocycles. The van der Waals surface area contributed by atoms with Crippen LogP contribution in [-0.4, -0.2) is 49.0 Å². The molecule has 2 atom stereocenters. The lowest BCUT2D eigenvalue weighted by atomic mass is 9.82. The molecule has 0 aromatic heterocycles. The fourth-order valence-electron chi connectivity index (χ4n) is 4.35. The number of ketones is 2. The van der Waals surface area contributed by atoms with Crippen molar-refractivity contribution in [1.82, 2.24) is 10.6 Å². The number of unbranched alkanes of at least 4 members (excludes halogenated alkanes) is 5. The summed E-state index contributed by atoms with van der Waals surface area (Å²) in [6.07, 6.45) is 6.54. The Morgan fingerprint density at radius 1 is 1.03 bits per heavy atom. The molecule has 2 aliphatic rings. The molecule has 178 valence electrons. The zero-order chi connectivity index (χ0) is 23.8. The molecule has 1 aromatic carbocycles. The third-order valence-corrected chi connectivity index (χ3v) is 6.10. The molecular formula is C24H31N3O6. The SMILES string of the molecule is NCCCCCCCCNC(=O)COc1cccc2c1C(=O)C(C1CCC(=O)NC1=O)C2=O. The van der Waals surface area contributed by atoms with E-state index in [1.165, 1.54) is 12.1 Å². The lowest BCUT2D eigenvalue weighted by Gasteiger charge is -2.24. The quantitative estimate of drug-likeness (QED) is 0.245. The lowest BCUT2D eigenvalue weighted by Crippen LogP contribution is -2.46. The van der Waals surface area contributed by atoms with Crippen LogP contribution in [-0.2, 0) is 14.4 Å². The maximum absolute atomic E-state index is 13.1. The van der Waals surface area contributed by atoms with Crippen LogP contribution < -0.4 is 21.1 Å². The second kappa shape index (κ2) is 11.7. The van der Waals surface area contributed by atoms with Crippen LogP contribution in [0.4, 0.5) is 0 Å². The minimum atomic E-state index is -1.17. The van der Waals surface area contributed by atoms with Gasteiger partial charge < -0.3 is 15.8 Å². The van der Waals surface area contributed by atoms with Crippen molar-refractivity contribution in [2.75, 3.05) is 19.7 Å². The maximum Gasteiger partial charge on any atom is 0.257 e. The monoisotopic (exact) mass is 457 g/mol. The number of nitrogens with one attached hydrogen (secondary N) is 2. The number of piperidine rings is 1. The molecule has 9 nitrogen and oxygen atoms in total. The molecule has 1 aromatic rings. The van der Waals surface area contributed by atoms with Crippen molar-refractivity contribution in [1.29, 1.82) is 0 Å². The first-order valence-corrected chi connectivity index (χ1v) is 11.6. The summed E-state index contributed by atoms with van der Waals surface area (Å²) in [6.45, 7) is 0.983. The van der Waals surface area contributed by atoms with Crippen LogP contribution in [0.15, 0.2) is 18.2 Å². The molecule has 0 saturated carbocycles. The van der Waals surface area contributed by atoms with Gasteiger partial charge in [0.05, 0.1) is 17.4 Å². The van der Waals surface area contributed by atoms with E-state index in [0.29, 0.717) is 6.54 Å². The van der Waals surface area contributed by atoms with Gasteiger partial charge in [0.25, 0.3) is 5.91 Å². The number of carbonyl (C=O) groups is 5. The van der Waals surface area contributed by atoms with Gasteiger partial charge in [-0.15, -0.1) is 0 Å². The Hall–Kier alpha value is -3.07. The molecule has 33 heavy (non-hydrogen) atoms. The minimum absolute atomic E-state index is 0.0844. The van der Waals surface area contributed by atoms with E-state index in [4.69, 9.17) is 10.5 Å². The summed E-state index contributed by atoms with van der Waals surface area (Å²) in [6, 6.07) is 4.63. The van der Waals surface area contributed by atoms with Crippen molar-refractivity contribution < 1.29 is 28.7 Å². The van der Waals surface area contributed by atoms with Crippen LogP contribution in [0.25, 0.3) is 0 Å². The molecule has 4 N–H and O–H groups in total. The van der Waals surface area contributed by atoms with Crippen molar-refractivity contribution in [2.45, 2.75) is 51.4 Å². The van der Waals surface area contributed by atoms with Gasteiger partial charge in [-0.05, 0) is 31.9 Å². The third kappa shape index (κ3) is 6.04. The number of ether oxygens (including phenoxy) is 1. The highest BCUT2D eigenvalue weighted by Gasteiger charge is 2.48. The molecule has 9 heteroatoms. The minimum Gasteiger partial charge on any atom is -0.483 e. The summed E-state index contributed by atoms with van der Waals surface area (Å²) in [5.74, 6) is -4.19. The van der Waals surface area contributed by atoms with Crippen LogP contribution in [0.5, 0.6) is 5.75 Å². The second-order valence-corrected chi connectivity index (χ2v) is 8.49. The first-order chi connectivity index (χ1) is 15.9. The largest absolute Gasteiger partial charge is 0.483 e. The summed E-state index contributed by atoms with van der Waals surface area (Å²) in [5, 5.41) is 4.99. The van der Waals surface area contributed by atoms with E-state index >= 15 is 0 Å². The number of carbonyl (C=O) groups excluding carboxylic acids is 5. The summed E-state index contributed by atoms with van der Waals surface area (Å²) in [5.41, 5.74) is 5.75.